The van der Waals surface area contributed by atoms with Gasteiger partial charge in [-0.05, 0) is 43.3 Å². The molecule has 1 aliphatic heterocycles. The van der Waals surface area contributed by atoms with Crippen LogP contribution in [-0.4, -0.2) is 87.8 Å². The SMILES string of the molecule is CCS(=O)(=O)CCC(C(=O)N1CC(F)(F)C(F)(F)C1)c1ccc2[nH]c(C(NC(=O)c3nonc3C)C3CCC(F)(F)CC3)nc2c1F. The Morgan fingerprint density at radius 1 is 1.09 bits per heavy atom. The Bertz CT molecular complexity index is 1750. The van der Waals surface area contributed by atoms with Crippen LogP contribution < -0.4 is 5.32 Å². The molecule has 0 bridgehead atoms. The Balaban J connectivity index is 1.52. The number of hydrogen-bond acceptors (Lipinski definition) is 8. The van der Waals surface area contributed by atoms with Crippen molar-refractivity contribution in [1.82, 2.24) is 30.5 Å². The number of alkyl halides is 6. The molecule has 1 saturated heterocycles. The van der Waals surface area contributed by atoms with Gasteiger partial charge in [-0.1, -0.05) is 18.1 Å². The van der Waals surface area contributed by atoms with Gasteiger partial charge in [0.05, 0.1) is 36.3 Å². The third kappa shape index (κ3) is 6.94. The number of H-pyrrole nitrogens is 1. The van der Waals surface area contributed by atoms with Crippen molar-refractivity contribution < 1.29 is 53.4 Å². The molecule has 0 spiro atoms. The van der Waals surface area contributed by atoms with Gasteiger partial charge < -0.3 is 15.2 Å². The first-order valence-corrected chi connectivity index (χ1v) is 16.6. The maximum atomic E-state index is 16.2. The molecule has 2 aromatic heterocycles. The van der Waals surface area contributed by atoms with E-state index in [0.29, 0.717) is 0 Å². The molecule has 2 amide bonds. The molecule has 3 heterocycles. The van der Waals surface area contributed by atoms with Gasteiger partial charge in [0.2, 0.25) is 11.8 Å². The molecule has 2 atom stereocenters. The summed E-state index contributed by atoms with van der Waals surface area (Å²) in [7, 11) is -3.76. The number of aryl methyl sites for hydroxylation is 1. The van der Waals surface area contributed by atoms with Crippen LogP contribution in [0, 0.1) is 18.7 Å². The number of carbonyl (C=O) groups is 2. The monoisotopic (exact) mass is 696 g/mol. The second-order valence-electron chi connectivity index (χ2n) is 12.0. The summed E-state index contributed by atoms with van der Waals surface area (Å²) in [4.78, 5) is 33.8. The molecule has 19 heteroatoms. The predicted octanol–water partition coefficient (Wildman–Crippen LogP) is 4.71. The summed E-state index contributed by atoms with van der Waals surface area (Å²) in [6, 6.07) is 1.30. The standard InChI is InChI=1S/C28H31F7N6O5S/c1-3-47(44,45)11-8-17(25(43)41-12-27(32,33)28(34,35)13-41)16-4-5-18-22(19(16)29)37-23(36-18)21(15-6-9-26(30,31)10-7-15)38-24(42)20-14(2)39-46-40-20/h4-5,15,17,21H,3,6-13H2,1-2H3,(H,36,37)(H,38,42). The van der Waals surface area contributed by atoms with Crippen molar-refractivity contribution in [3.8, 4) is 0 Å². The van der Waals surface area contributed by atoms with E-state index in [1.807, 2.05) is 0 Å². The maximum absolute atomic E-state index is 16.2. The molecule has 5 rings (SSSR count). The number of hydrogen-bond donors (Lipinski definition) is 2. The van der Waals surface area contributed by atoms with E-state index < -0.39 is 112 Å². The summed E-state index contributed by atoms with van der Waals surface area (Å²) in [6.45, 7) is -0.508. The molecule has 3 aromatic rings. The number of rotatable bonds is 10. The Hall–Kier alpha value is -3.77. The smallest absolute Gasteiger partial charge is 0.329 e. The number of halogens is 7. The van der Waals surface area contributed by atoms with Crippen molar-refractivity contribution >= 4 is 32.7 Å². The molecule has 2 fully saturated rings. The van der Waals surface area contributed by atoms with Crippen LogP contribution >= 0.6 is 0 Å². The van der Waals surface area contributed by atoms with Crippen LogP contribution in [0.25, 0.3) is 11.0 Å². The zero-order valence-corrected chi connectivity index (χ0v) is 26.0. The van der Waals surface area contributed by atoms with E-state index in [0.717, 1.165) is 6.07 Å². The Labute approximate surface area is 263 Å². The van der Waals surface area contributed by atoms with Gasteiger partial charge in [0.25, 0.3) is 5.91 Å². The first kappa shape index (κ1) is 34.6. The van der Waals surface area contributed by atoms with Gasteiger partial charge in [0, 0.05) is 24.2 Å². The van der Waals surface area contributed by atoms with Gasteiger partial charge in [0.15, 0.2) is 11.5 Å². The van der Waals surface area contributed by atoms with Crippen molar-refractivity contribution in [2.24, 2.45) is 5.92 Å². The molecule has 11 nitrogen and oxygen atoms in total. The van der Waals surface area contributed by atoms with Crippen molar-refractivity contribution in [3.05, 3.63) is 40.7 Å². The Kier molecular flexibility index (Phi) is 9.08. The third-order valence-corrected chi connectivity index (χ3v) is 10.5. The van der Waals surface area contributed by atoms with Crippen LogP contribution in [0.4, 0.5) is 30.7 Å². The van der Waals surface area contributed by atoms with E-state index in [-0.39, 0.29) is 46.2 Å². The van der Waals surface area contributed by atoms with E-state index in [4.69, 9.17) is 0 Å². The summed E-state index contributed by atoms with van der Waals surface area (Å²) in [5, 5.41) is 9.76. The van der Waals surface area contributed by atoms with Gasteiger partial charge in [-0.15, -0.1) is 0 Å². The number of nitrogens with one attached hydrogen (secondary N) is 2. The fraction of sp³-hybridized carbons (Fsp3) is 0.607. The number of carbonyl (C=O) groups excluding carboxylic acids is 2. The molecule has 47 heavy (non-hydrogen) atoms. The highest BCUT2D eigenvalue weighted by molar-refractivity contribution is 7.91. The number of nitrogens with zero attached hydrogens (tertiary/aromatic N) is 4. The topological polar surface area (TPSA) is 151 Å². The van der Waals surface area contributed by atoms with Crippen LogP contribution in [0.5, 0.6) is 0 Å². The van der Waals surface area contributed by atoms with Gasteiger partial charge in [-0.25, -0.2) is 31.2 Å². The largest absolute Gasteiger partial charge is 0.340 e. The highest BCUT2D eigenvalue weighted by Gasteiger charge is 2.64. The maximum Gasteiger partial charge on any atom is 0.329 e. The summed E-state index contributed by atoms with van der Waals surface area (Å²) in [5.41, 5.74) is -0.862. The molecule has 258 valence electrons. The van der Waals surface area contributed by atoms with Crippen molar-refractivity contribution in [1.29, 1.82) is 0 Å². The number of aromatic amines is 1. The predicted molar refractivity (Wildman–Crippen MR) is 150 cm³/mol. The Morgan fingerprint density at radius 3 is 2.30 bits per heavy atom. The molecule has 2 N–H and O–H groups in total. The van der Waals surface area contributed by atoms with E-state index in [1.165, 1.54) is 19.9 Å². The number of fused-ring (bicyclic) bond motifs is 1. The molecule has 0 radical (unpaired) electrons. The molecule has 1 aliphatic carbocycles. The van der Waals surface area contributed by atoms with Crippen LogP contribution in [0.1, 0.15) is 78.6 Å². The van der Waals surface area contributed by atoms with Gasteiger partial charge in [0.1, 0.15) is 26.9 Å². The molecule has 2 unspecified atom stereocenters. The minimum atomic E-state index is -4.55. The van der Waals surface area contributed by atoms with Crippen molar-refractivity contribution in [3.63, 3.8) is 0 Å². The number of sulfone groups is 1. The number of likely N-dealkylation sites (tertiary alicyclic amines) is 1. The van der Waals surface area contributed by atoms with Crippen molar-refractivity contribution in [2.45, 2.75) is 75.7 Å². The van der Waals surface area contributed by atoms with Crippen molar-refractivity contribution in [2.75, 3.05) is 24.6 Å². The van der Waals surface area contributed by atoms with Gasteiger partial charge in [-0.3, -0.25) is 9.59 Å². The fourth-order valence-corrected chi connectivity index (χ4v) is 6.83. The third-order valence-electron chi connectivity index (χ3n) is 8.78. The van der Waals surface area contributed by atoms with E-state index >= 15 is 4.39 Å². The summed E-state index contributed by atoms with van der Waals surface area (Å²) in [6.07, 6.45) is -1.63. The summed E-state index contributed by atoms with van der Waals surface area (Å²) < 4.78 is 129. The quantitative estimate of drug-likeness (QED) is 0.290. The first-order valence-electron chi connectivity index (χ1n) is 14.8. The number of benzene rings is 1. The zero-order valence-electron chi connectivity index (χ0n) is 25.1. The average Bonchev–Trinajstić information content (AvgIpc) is 3.68. The van der Waals surface area contributed by atoms with Crippen LogP contribution in [0.3, 0.4) is 0 Å². The second-order valence-corrected chi connectivity index (χ2v) is 14.5. The van der Waals surface area contributed by atoms with Crippen LogP contribution in [0.15, 0.2) is 16.8 Å². The average molecular weight is 697 g/mol. The number of amides is 2. The zero-order chi connectivity index (χ0) is 34.5. The van der Waals surface area contributed by atoms with Gasteiger partial charge >= 0.3 is 11.8 Å². The molecule has 2 aliphatic rings. The molecule has 1 aromatic carbocycles. The fourth-order valence-electron chi connectivity index (χ4n) is 5.94. The minimum Gasteiger partial charge on any atom is -0.340 e. The second kappa shape index (κ2) is 12.4. The summed E-state index contributed by atoms with van der Waals surface area (Å²) >= 11 is 0. The Morgan fingerprint density at radius 2 is 1.72 bits per heavy atom. The van der Waals surface area contributed by atoms with Crippen LogP contribution in [0.2, 0.25) is 0 Å². The van der Waals surface area contributed by atoms with Gasteiger partial charge in [-0.2, -0.15) is 17.6 Å². The number of imidazole rings is 1. The highest BCUT2D eigenvalue weighted by atomic mass is 32.2. The minimum absolute atomic E-state index is 0.0348. The lowest BCUT2D eigenvalue weighted by Gasteiger charge is -2.33. The van der Waals surface area contributed by atoms with E-state index in [1.54, 1.807) is 0 Å². The van der Waals surface area contributed by atoms with E-state index in [2.05, 4.69) is 30.2 Å². The molecular formula is C28H31F7N6O5S. The lowest BCUT2D eigenvalue weighted by atomic mass is 9.81. The van der Waals surface area contributed by atoms with Crippen LogP contribution in [-0.2, 0) is 14.6 Å². The lowest BCUT2D eigenvalue weighted by Crippen LogP contribution is -2.38. The number of aromatic nitrogens is 4. The summed E-state index contributed by atoms with van der Waals surface area (Å²) in [5.74, 6) is -18.6. The van der Waals surface area contributed by atoms with E-state index in [9.17, 15) is 44.3 Å². The molecular weight excluding hydrogens is 665 g/mol. The molecule has 1 saturated carbocycles. The lowest BCUT2D eigenvalue weighted by molar-refractivity contribution is -0.172. The highest BCUT2D eigenvalue weighted by Crippen LogP contribution is 2.44. The first-order chi connectivity index (χ1) is 21.8. The normalized spacial score (nSPS) is 20.7.